The van der Waals surface area contributed by atoms with Gasteiger partial charge in [-0.3, -0.25) is 0 Å². The molecule has 1 N–H and O–H groups in total. The Labute approximate surface area is 114 Å². The predicted molar refractivity (Wildman–Crippen MR) is 75.5 cm³/mol. The molecular weight excluding hydrogens is 251 g/mol. The first kappa shape index (κ1) is 15.4. The van der Waals surface area contributed by atoms with Gasteiger partial charge in [0, 0.05) is 30.2 Å². The van der Waals surface area contributed by atoms with Crippen LogP contribution in [0.3, 0.4) is 0 Å². The van der Waals surface area contributed by atoms with Crippen molar-refractivity contribution in [3.8, 4) is 0 Å². The van der Waals surface area contributed by atoms with E-state index in [0.717, 1.165) is 19.6 Å². The van der Waals surface area contributed by atoms with E-state index < -0.39 is 0 Å². The molecule has 0 spiro atoms. The highest BCUT2D eigenvalue weighted by Crippen LogP contribution is 2.15. The molecule has 0 saturated carbocycles. The molecule has 0 amide bonds. The van der Waals surface area contributed by atoms with Gasteiger partial charge in [-0.05, 0) is 31.6 Å². The number of hydrogen-bond donors (Lipinski definition) is 1. The SMILES string of the molecule is CC(C)CNCCN(C)Cc1ccc(Cl)cc1F. The van der Waals surface area contributed by atoms with Gasteiger partial charge >= 0.3 is 0 Å². The van der Waals surface area contributed by atoms with Crippen molar-refractivity contribution in [2.75, 3.05) is 26.7 Å². The van der Waals surface area contributed by atoms with E-state index in [2.05, 4.69) is 24.1 Å². The van der Waals surface area contributed by atoms with Crippen LogP contribution in [0.2, 0.25) is 5.02 Å². The van der Waals surface area contributed by atoms with Gasteiger partial charge in [0.15, 0.2) is 0 Å². The van der Waals surface area contributed by atoms with E-state index in [0.29, 0.717) is 23.0 Å². The van der Waals surface area contributed by atoms with Crippen LogP contribution in [0.4, 0.5) is 4.39 Å². The van der Waals surface area contributed by atoms with Crippen LogP contribution in [-0.2, 0) is 6.54 Å². The van der Waals surface area contributed by atoms with Gasteiger partial charge in [-0.1, -0.05) is 31.5 Å². The third kappa shape index (κ3) is 5.80. The standard InChI is InChI=1S/C14H22ClFN2/c1-11(2)9-17-6-7-18(3)10-12-4-5-13(15)8-14(12)16/h4-5,8,11,17H,6-7,9-10H2,1-3H3. The van der Waals surface area contributed by atoms with Gasteiger partial charge in [-0.2, -0.15) is 0 Å². The van der Waals surface area contributed by atoms with Crippen LogP contribution >= 0.6 is 11.6 Å². The smallest absolute Gasteiger partial charge is 0.129 e. The van der Waals surface area contributed by atoms with Gasteiger partial charge in [0.2, 0.25) is 0 Å². The minimum Gasteiger partial charge on any atom is -0.315 e. The highest BCUT2D eigenvalue weighted by molar-refractivity contribution is 6.30. The number of nitrogens with zero attached hydrogens (tertiary/aromatic N) is 1. The first-order chi connectivity index (χ1) is 8.49. The van der Waals surface area contributed by atoms with Crippen molar-refractivity contribution in [3.05, 3.63) is 34.6 Å². The zero-order valence-electron chi connectivity index (χ0n) is 11.3. The van der Waals surface area contributed by atoms with E-state index in [9.17, 15) is 4.39 Å². The van der Waals surface area contributed by atoms with Crippen LogP contribution < -0.4 is 5.32 Å². The third-order valence-electron chi connectivity index (χ3n) is 2.68. The summed E-state index contributed by atoms with van der Waals surface area (Å²) in [5, 5.41) is 3.81. The van der Waals surface area contributed by atoms with Gasteiger partial charge in [0.05, 0.1) is 0 Å². The van der Waals surface area contributed by atoms with Crippen molar-refractivity contribution < 1.29 is 4.39 Å². The van der Waals surface area contributed by atoms with Gasteiger partial charge in [-0.25, -0.2) is 4.39 Å². The van der Waals surface area contributed by atoms with Crippen LogP contribution in [0.15, 0.2) is 18.2 Å². The Balaban J connectivity index is 2.33. The lowest BCUT2D eigenvalue weighted by molar-refractivity contribution is 0.316. The summed E-state index contributed by atoms with van der Waals surface area (Å²) in [5.74, 6) is 0.425. The van der Waals surface area contributed by atoms with Crippen molar-refractivity contribution in [3.63, 3.8) is 0 Å². The molecule has 0 aromatic heterocycles. The Bertz CT molecular complexity index is 369. The maximum absolute atomic E-state index is 13.6. The van der Waals surface area contributed by atoms with Gasteiger partial charge in [0.25, 0.3) is 0 Å². The second-order valence-corrected chi connectivity index (χ2v) is 5.51. The first-order valence-electron chi connectivity index (χ1n) is 6.32. The first-order valence-corrected chi connectivity index (χ1v) is 6.70. The maximum Gasteiger partial charge on any atom is 0.129 e. The predicted octanol–water partition coefficient (Wildman–Crippen LogP) is 3.16. The van der Waals surface area contributed by atoms with E-state index in [-0.39, 0.29) is 5.82 Å². The van der Waals surface area contributed by atoms with Crippen LogP contribution in [0.5, 0.6) is 0 Å². The largest absolute Gasteiger partial charge is 0.315 e. The lowest BCUT2D eigenvalue weighted by Gasteiger charge is -2.18. The minimum atomic E-state index is -0.232. The van der Waals surface area contributed by atoms with Gasteiger partial charge in [0.1, 0.15) is 5.82 Å². The Kier molecular flexibility index (Phi) is 6.61. The monoisotopic (exact) mass is 272 g/mol. The third-order valence-corrected chi connectivity index (χ3v) is 2.91. The van der Waals surface area contributed by atoms with Crippen LogP contribution in [0.25, 0.3) is 0 Å². The molecule has 0 aliphatic carbocycles. The van der Waals surface area contributed by atoms with Gasteiger partial charge < -0.3 is 10.2 Å². The lowest BCUT2D eigenvalue weighted by Crippen LogP contribution is -2.31. The average molecular weight is 273 g/mol. The molecule has 1 aromatic carbocycles. The molecule has 2 nitrogen and oxygen atoms in total. The molecule has 0 fully saturated rings. The number of hydrogen-bond acceptors (Lipinski definition) is 2. The Morgan fingerprint density at radius 1 is 1.39 bits per heavy atom. The van der Waals surface area contributed by atoms with Crippen molar-refractivity contribution in [1.29, 1.82) is 0 Å². The summed E-state index contributed by atoms with van der Waals surface area (Å²) in [7, 11) is 1.99. The van der Waals surface area contributed by atoms with E-state index in [4.69, 9.17) is 11.6 Å². The lowest BCUT2D eigenvalue weighted by atomic mass is 10.2. The van der Waals surface area contributed by atoms with Crippen LogP contribution in [-0.4, -0.2) is 31.6 Å². The number of halogens is 2. The van der Waals surface area contributed by atoms with Crippen LogP contribution in [0, 0.1) is 11.7 Å². The van der Waals surface area contributed by atoms with Crippen molar-refractivity contribution in [1.82, 2.24) is 10.2 Å². The summed E-state index contributed by atoms with van der Waals surface area (Å²) in [6, 6.07) is 4.84. The summed E-state index contributed by atoms with van der Waals surface area (Å²) in [6.45, 7) is 7.80. The summed E-state index contributed by atoms with van der Waals surface area (Å²) in [6.07, 6.45) is 0. The molecule has 1 rings (SSSR count). The van der Waals surface area contributed by atoms with E-state index in [1.807, 2.05) is 7.05 Å². The Morgan fingerprint density at radius 3 is 2.72 bits per heavy atom. The highest BCUT2D eigenvalue weighted by Gasteiger charge is 2.06. The van der Waals surface area contributed by atoms with Crippen molar-refractivity contribution >= 4 is 11.6 Å². The molecule has 0 bridgehead atoms. The quantitative estimate of drug-likeness (QED) is 0.767. The molecule has 0 heterocycles. The summed E-state index contributed by atoms with van der Waals surface area (Å²) in [4.78, 5) is 2.10. The number of likely N-dealkylation sites (N-methyl/N-ethyl adjacent to an activating group) is 1. The molecular formula is C14H22ClFN2. The zero-order valence-corrected chi connectivity index (χ0v) is 12.1. The fraction of sp³-hybridized carbons (Fsp3) is 0.571. The summed E-state index contributed by atoms with van der Waals surface area (Å²) >= 11 is 5.72. The molecule has 0 aliphatic heterocycles. The second kappa shape index (κ2) is 7.72. The van der Waals surface area contributed by atoms with E-state index in [1.165, 1.54) is 6.07 Å². The summed E-state index contributed by atoms with van der Waals surface area (Å²) < 4.78 is 13.6. The molecule has 102 valence electrons. The summed E-state index contributed by atoms with van der Waals surface area (Å²) in [5.41, 5.74) is 0.686. The fourth-order valence-corrected chi connectivity index (χ4v) is 1.84. The van der Waals surface area contributed by atoms with E-state index in [1.54, 1.807) is 12.1 Å². The number of benzene rings is 1. The Morgan fingerprint density at radius 2 is 2.11 bits per heavy atom. The molecule has 0 unspecified atom stereocenters. The molecule has 0 saturated heterocycles. The van der Waals surface area contributed by atoms with Crippen molar-refractivity contribution in [2.24, 2.45) is 5.92 Å². The van der Waals surface area contributed by atoms with Crippen molar-refractivity contribution in [2.45, 2.75) is 20.4 Å². The normalized spacial score (nSPS) is 11.5. The molecule has 1 aromatic rings. The minimum absolute atomic E-state index is 0.232. The average Bonchev–Trinajstić information content (AvgIpc) is 2.28. The molecule has 0 radical (unpaired) electrons. The van der Waals surface area contributed by atoms with Gasteiger partial charge in [-0.15, -0.1) is 0 Å². The molecule has 18 heavy (non-hydrogen) atoms. The van der Waals surface area contributed by atoms with E-state index >= 15 is 0 Å². The number of rotatable bonds is 7. The molecule has 4 heteroatoms. The molecule has 0 atom stereocenters. The molecule has 0 aliphatic rings. The Hall–Kier alpha value is -0.640. The fourth-order valence-electron chi connectivity index (χ4n) is 1.68. The number of nitrogens with one attached hydrogen (secondary N) is 1. The zero-order chi connectivity index (χ0) is 13.5. The van der Waals surface area contributed by atoms with Crippen LogP contribution in [0.1, 0.15) is 19.4 Å². The second-order valence-electron chi connectivity index (χ2n) is 5.07. The topological polar surface area (TPSA) is 15.3 Å². The highest BCUT2D eigenvalue weighted by atomic mass is 35.5. The maximum atomic E-state index is 13.6.